The number of fused-ring (bicyclic) bond motifs is 1. The molecule has 4 aromatic rings. The van der Waals surface area contributed by atoms with E-state index in [-0.39, 0.29) is 11.7 Å². The maximum absolute atomic E-state index is 12.4. The summed E-state index contributed by atoms with van der Waals surface area (Å²) < 4.78 is 2.70. The average Bonchev–Trinajstić information content (AvgIpc) is 3.19. The fraction of sp³-hybridized carbons (Fsp3) is 0.0500. The quantitative estimate of drug-likeness (QED) is 0.449. The maximum Gasteiger partial charge on any atom is 0.234 e. The molecule has 3 aromatic carbocycles. The Hall–Kier alpha value is -2.64. The second-order valence-electron chi connectivity index (χ2n) is 5.78. The zero-order valence-electron chi connectivity index (χ0n) is 14.2. The summed E-state index contributed by atoms with van der Waals surface area (Å²) in [5.41, 5.74) is 1.73. The molecule has 0 spiro atoms. The second-order valence-corrected chi connectivity index (χ2v) is 7.58. The van der Waals surface area contributed by atoms with Crippen molar-refractivity contribution in [3.63, 3.8) is 0 Å². The molecule has 0 fully saturated rings. The van der Waals surface area contributed by atoms with E-state index in [9.17, 15) is 4.79 Å². The van der Waals surface area contributed by atoms with Crippen molar-refractivity contribution in [2.75, 3.05) is 11.1 Å². The van der Waals surface area contributed by atoms with Gasteiger partial charge in [0.05, 0.1) is 11.4 Å². The van der Waals surface area contributed by atoms with Crippen molar-refractivity contribution < 1.29 is 4.79 Å². The number of hydrogen-bond donors (Lipinski definition) is 1. The number of carbonyl (C=O) groups is 1. The Morgan fingerprint density at radius 2 is 1.74 bits per heavy atom. The Morgan fingerprint density at radius 1 is 1.00 bits per heavy atom. The SMILES string of the molecule is O=C(CSc1ncn(-c2ccccc2)n1)Nc1ccc(Br)c2ccccc12. The molecule has 0 unspecified atom stereocenters. The minimum absolute atomic E-state index is 0.0939. The Bertz CT molecular complexity index is 1100. The van der Waals surface area contributed by atoms with Crippen molar-refractivity contribution in [1.82, 2.24) is 14.8 Å². The van der Waals surface area contributed by atoms with Crippen molar-refractivity contribution >= 4 is 50.1 Å². The average molecular weight is 439 g/mol. The monoisotopic (exact) mass is 438 g/mol. The summed E-state index contributed by atoms with van der Waals surface area (Å²) in [6.45, 7) is 0. The number of aromatic nitrogens is 3. The van der Waals surface area contributed by atoms with Gasteiger partial charge in [-0.3, -0.25) is 4.79 Å². The fourth-order valence-electron chi connectivity index (χ4n) is 2.71. The van der Waals surface area contributed by atoms with Crippen LogP contribution in [-0.2, 0) is 4.79 Å². The van der Waals surface area contributed by atoms with Crippen molar-refractivity contribution in [2.45, 2.75) is 5.16 Å². The van der Waals surface area contributed by atoms with E-state index in [2.05, 4.69) is 31.3 Å². The third kappa shape index (κ3) is 4.04. The van der Waals surface area contributed by atoms with Gasteiger partial charge < -0.3 is 5.32 Å². The first-order valence-corrected chi connectivity index (χ1v) is 10.1. The molecule has 1 heterocycles. The van der Waals surface area contributed by atoms with E-state index < -0.39 is 0 Å². The Kier molecular flexibility index (Phi) is 5.22. The molecule has 0 bridgehead atoms. The Balaban J connectivity index is 1.42. The topological polar surface area (TPSA) is 59.8 Å². The number of benzene rings is 3. The predicted molar refractivity (Wildman–Crippen MR) is 112 cm³/mol. The van der Waals surface area contributed by atoms with Gasteiger partial charge in [-0.25, -0.2) is 9.67 Å². The highest BCUT2D eigenvalue weighted by Crippen LogP contribution is 2.30. The van der Waals surface area contributed by atoms with E-state index in [4.69, 9.17) is 0 Å². The van der Waals surface area contributed by atoms with Gasteiger partial charge in [0.1, 0.15) is 6.33 Å². The first kappa shape index (κ1) is 17.8. The molecule has 0 aliphatic carbocycles. The van der Waals surface area contributed by atoms with Crippen LogP contribution in [0.3, 0.4) is 0 Å². The van der Waals surface area contributed by atoms with Crippen LogP contribution in [0.25, 0.3) is 16.5 Å². The molecule has 1 aromatic heterocycles. The number of halogens is 1. The molecule has 7 heteroatoms. The van der Waals surface area contributed by atoms with Crippen LogP contribution in [-0.4, -0.2) is 26.4 Å². The standard InChI is InChI=1S/C20H15BrN4OS/c21-17-10-11-18(16-9-5-4-8-15(16)17)23-19(26)12-27-20-22-13-25(24-20)14-6-2-1-3-7-14/h1-11,13H,12H2,(H,23,26). The minimum atomic E-state index is -0.0939. The first-order valence-electron chi connectivity index (χ1n) is 8.28. The van der Waals surface area contributed by atoms with Gasteiger partial charge in [-0.2, -0.15) is 0 Å². The number of anilines is 1. The van der Waals surface area contributed by atoms with Crippen molar-refractivity contribution in [3.05, 3.63) is 77.5 Å². The summed E-state index contributed by atoms with van der Waals surface area (Å²) in [5, 5.41) is 10.0. The number of hydrogen-bond acceptors (Lipinski definition) is 4. The number of thioether (sulfide) groups is 1. The molecule has 27 heavy (non-hydrogen) atoms. The lowest BCUT2D eigenvalue weighted by Crippen LogP contribution is -2.14. The van der Waals surface area contributed by atoms with Crippen LogP contribution in [0.5, 0.6) is 0 Å². The van der Waals surface area contributed by atoms with E-state index in [1.807, 2.05) is 66.7 Å². The van der Waals surface area contributed by atoms with Crippen molar-refractivity contribution in [1.29, 1.82) is 0 Å². The van der Waals surface area contributed by atoms with Gasteiger partial charge in [0.15, 0.2) is 0 Å². The smallest absolute Gasteiger partial charge is 0.234 e. The summed E-state index contributed by atoms with van der Waals surface area (Å²) >= 11 is 4.85. The molecule has 0 atom stereocenters. The largest absolute Gasteiger partial charge is 0.325 e. The van der Waals surface area contributed by atoms with E-state index >= 15 is 0 Å². The molecule has 0 saturated heterocycles. The zero-order valence-corrected chi connectivity index (χ0v) is 16.6. The third-order valence-electron chi connectivity index (χ3n) is 3.97. The molecule has 0 aliphatic rings. The van der Waals surface area contributed by atoms with Gasteiger partial charge >= 0.3 is 0 Å². The van der Waals surface area contributed by atoms with Crippen LogP contribution < -0.4 is 5.32 Å². The molecule has 4 rings (SSSR count). The predicted octanol–water partition coefficient (Wildman–Crippen LogP) is 4.91. The molecule has 1 N–H and O–H groups in total. The number of para-hydroxylation sites is 1. The molecule has 0 saturated carbocycles. The number of nitrogens with one attached hydrogen (secondary N) is 1. The van der Waals surface area contributed by atoms with Crippen molar-refractivity contribution in [2.24, 2.45) is 0 Å². The molecule has 0 aliphatic heterocycles. The van der Waals surface area contributed by atoms with Crippen LogP contribution in [0.15, 0.2) is 82.7 Å². The van der Waals surface area contributed by atoms with Crippen LogP contribution in [0, 0.1) is 0 Å². The second kappa shape index (κ2) is 7.94. The zero-order chi connectivity index (χ0) is 18.6. The molecular formula is C20H15BrN4OS. The molecular weight excluding hydrogens is 424 g/mol. The molecule has 5 nitrogen and oxygen atoms in total. The van der Waals surface area contributed by atoms with Crippen LogP contribution >= 0.6 is 27.7 Å². The molecule has 0 radical (unpaired) electrons. The molecule has 134 valence electrons. The number of amides is 1. The van der Waals surface area contributed by atoms with E-state index in [1.165, 1.54) is 11.8 Å². The van der Waals surface area contributed by atoms with Gasteiger partial charge in [0.2, 0.25) is 11.1 Å². The van der Waals surface area contributed by atoms with Gasteiger partial charge in [0, 0.05) is 15.5 Å². The van der Waals surface area contributed by atoms with E-state index in [0.29, 0.717) is 5.16 Å². The Labute approximate surface area is 168 Å². The maximum atomic E-state index is 12.4. The summed E-state index contributed by atoms with van der Waals surface area (Å²) in [6, 6.07) is 21.5. The summed E-state index contributed by atoms with van der Waals surface area (Å²) in [6.07, 6.45) is 1.65. The lowest BCUT2D eigenvalue weighted by molar-refractivity contribution is -0.113. The van der Waals surface area contributed by atoms with Gasteiger partial charge in [-0.15, -0.1) is 5.10 Å². The van der Waals surface area contributed by atoms with Crippen LogP contribution in [0.1, 0.15) is 0 Å². The highest BCUT2D eigenvalue weighted by Gasteiger charge is 2.10. The minimum Gasteiger partial charge on any atom is -0.325 e. The highest BCUT2D eigenvalue weighted by atomic mass is 79.9. The summed E-state index contributed by atoms with van der Waals surface area (Å²) in [7, 11) is 0. The van der Waals surface area contributed by atoms with E-state index in [1.54, 1.807) is 11.0 Å². The summed E-state index contributed by atoms with van der Waals surface area (Å²) in [4.78, 5) is 16.6. The molecule has 1 amide bonds. The van der Waals surface area contributed by atoms with Gasteiger partial charge in [-0.1, -0.05) is 70.2 Å². The Morgan fingerprint density at radius 3 is 2.56 bits per heavy atom. The number of carbonyl (C=O) groups excluding carboxylic acids is 1. The number of rotatable bonds is 5. The first-order chi connectivity index (χ1) is 13.2. The van der Waals surface area contributed by atoms with Crippen molar-refractivity contribution in [3.8, 4) is 5.69 Å². The summed E-state index contributed by atoms with van der Waals surface area (Å²) in [5.74, 6) is 0.145. The fourth-order valence-corrected chi connectivity index (χ4v) is 3.78. The highest BCUT2D eigenvalue weighted by molar-refractivity contribution is 9.10. The van der Waals surface area contributed by atoms with Gasteiger partial charge in [-0.05, 0) is 29.7 Å². The van der Waals surface area contributed by atoms with Gasteiger partial charge in [0.25, 0.3) is 0 Å². The third-order valence-corrected chi connectivity index (χ3v) is 5.51. The lowest BCUT2D eigenvalue weighted by Gasteiger charge is -2.09. The lowest BCUT2D eigenvalue weighted by atomic mass is 10.1. The normalized spacial score (nSPS) is 10.9. The number of nitrogens with zero attached hydrogens (tertiary/aromatic N) is 3. The van der Waals surface area contributed by atoms with Crippen LogP contribution in [0.4, 0.5) is 5.69 Å². The van der Waals surface area contributed by atoms with E-state index in [0.717, 1.165) is 26.6 Å². The van der Waals surface area contributed by atoms with Crippen LogP contribution in [0.2, 0.25) is 0 Å².